The van der Waals surface area contributed by atoms with E-state index >= 15 is 0 Å². The van der Waals surface area contributed by atoms with Gasteiger partial charge in [0.05, 0.1) is 5.35 Å². The lowest BCUT2D eigenvalue weighted by Gasteiger charge is -2.01. The molecule has 0 fully saturated rings. The summed E-state index contributed by atoms with van der Waals surface area (Å²) in [5, 5.41) is 1.28. The van der Waals surface area contributed by atoms with Crippen molar-refractivity contribution in [1.29, 1.82) is 0 Å². The summed E-state index contributed by atoms with van der Waals surface area (Å²) in [6.45, 7) is 13.5. The molecule has 1 rings (SSSR count). The average molecular weight is 256 g/mol. The second-order valence-corrected chi connectivity index (χ2v) is 4.18. The van der Waals surface area contributed by atoms with E-state index in [1.165, 1.54) is 0 Å². The molecule has 0 atom stereocenters. The van der Waals surface area contributed by atoms with Crippen molar-refractivity contribution in [3.8, 4) is 0 Å². The van der Waals surface area contributed by atoms with E-state index in [-0.39, 0.29) is 0 Å². The van der Waals surface area contributed by atoms with Crippen LogP contribution in [0.2, 0.25) is 0 Å². The fourth-order valence-corrected chi connectivity index (χ4v) is 1.55. The van der Waals surface area contributed by atoms with Crippen LogP contribution >= 0.6 is 0 Å². The quantitative estimate of drug-likeness (QED) is 0.654. The fourth-order valence-electron chi connectivity index (χ4n) is 1.55. The molecule has 4 nitrogen and oxygen atoms in total. The number of rotatable bonds is 4. The second-order valence-electron chi connectivity index (χ2n) is 4.18. The molecule has 4 heteroatoms. The molecule has 0 aromatic carbocycles. The van der Waals surface area contributed by atoms with Crippen LogP contribution in [-0.2, 0) is 0 Å². The average Bonchev–Trinajstić information content (AvgIpc) is 2.72. The Hall–Kier alpha value is -2.36. The molecule has 19 heavy (non-hydrogen) atoms. The maximum Gasteiger partial charge on any atom is 0.151 e. The third-order valence-electron chi connectivity index (χ3n) is 2.40. The zero-order chi connectivity index (χ0) is 14.4. The van der Waals surface area contributed by atoms with Crippen molar-refractivity contribution in [1.82, 2.24) is 9.55 Å². The number of aliphatic imine (C=N–C) groups is 1. The lowest BCUT2D eigenvalue weighted by molar-refractivity contribution is 1.06. The predicted molar refractivity (Wildman–Crippen MR) is 82.7 cm³/mol. The molecule has 1 aromatic rings. The zero-order valence-corrected chi connectivity index (χ0v) is 11.7. The molecule has 0 saturated heterocycles. The Kier molecular flexibility index (Phi) is 5.06. The lowest BCUT2D eigenvalue weighted by atomic mass is 10.3. The Bertz CT molecular complexity index is 653. The van der Waals surface area contributed by atoms with Crippen LogP contribution in [0, 0.1) is 0 Å². The van der Waals surface area contributed by atoms with Crippen LogP contribution in [0.15, 0.2) is 42.2 Å². The largest absolute Gasteiger partial charge is 0.382 e. The number of allylic oxidation sites excluding steroid dienone is 5. The minimum absolute atomic E-state index is 0.373. The van der Waals surface area contributed by atoms with Gasteiger partial charge in [0.2, 0.25) is 0 Å². The Morgan fingerprint density at radius 1 is 1.47 bits per heavy atom. The summed E-state index contributed by atoms with van der Waals surface area (Å²) in [6, 6.07) is 0. The van der Waals surface area contributed by atoms with Gasteiger partial charge in [0, 0.05) is 11.4 Å². The number of imidazole rings is 1. The van der Waals surface area contributed by atoms with Gasteiger partial charge < -0.3 is 5.73 Å². The van der Waals surface area contributed by atoms with Crippen molar-refractivity contribution in [2.75, 3.05) is 0 Å². The van der Waals surface area contributed by atoms with Crippen molar-refractivity contribution >= 4 is 23.8 Å². The van der Waals surface area contributed by atoms with Crippen LogP contribution in [0.4, 0.5) is 0 Å². The molecule has 0 aliphatic rings. The Balaban J connectivity index is 3.46. The summed E-state index contributed by atoms with van der Waals surface area (Å²) in [7, 11) is 0. The summed E-state index contributed by atoms with van der Waals surface area (Å²) in [5.74, 6) is 0.373. The van der Waals surface area contributed by atoms with E-state index in [4.69, 9.17) is 5.73 Å². The van der Waals surface area contributed by atoms with Gasteiger partial charge in [-0.2, -0.15) is 0 Å². The SMILES string of the molecule is C=C/C(=C\C=C/C)n1cn/c(=C(\N)N=C(C)C)c1=C. The highest BCUT2D eigenvalue weighted by molar-refractivity contribution is 5.82. The van der Waals surface area contributed by atoms with Gasteiger partial charge in [0.15, 0.2) is 5.82 Å². The van der Waals surface area contributed by atoms with Crippen LogP contribution in [0.1, 0.15) is 20.8 Å². The lowest BCUT2D eigenvalue weighted by Crippen LogP contribution is -2.32. The highest BCUT2D eigenvalue weighted by Gasteiger charge is 2.01. The van der Waals surface area contributed by atoms with Gasteiger partial charge in [-0.05, 0) is 32.9 Å². The van der Waals surface area contributed by atoms with Crippen LogP contribution in [-0.4, -0.2) is 15.3 Å². The van der Waals surface area contributed by atoms with Gasteiger partial charge in [0.1, 0.15) is 11.7 Å². The first-order valence-corrected chi connectivity index (χ1v) is 6.01. The molecular weight excluding hydrogens is 236 g/mol. The van der Waals surface area contributed by atoms with E-state index < -0.39 is 0 Å². The molecule has 0 aliphatic carbocycles. The van der Waals surface area contributed by atoms with Crippen molar-refractivity contribution in [2.45, 2.75) is 20.8 Å². The zero-order valence-electron chi connectivity index (χ0n) is 11.7. The maximum atomic E-state index is 5.91. The Morgan fingerprint density at radius 2 is 2.16 bits per heavy atom. The van der Waals surface area contributed by atoms with Crippen LogP contribution in [0.5, 0.6) is 0 Å². The molecule has 1 heterocycles. The van der Waals surface area contributed by atoms with Gasteiger partial charge in [-0.25, -0.2) is 9.98 Å². The Labute approximate surface area is 113 Å². The highest BCUT2D eigenvalue weighted by Crippen LogP contribution is 2.00. The number of nitrogens with zero attached hydrogens (tertiary/aromatic N) is 3. The molecule has 0 saturated carbocycles. The molecule has 0 unspecified atom stereocenters. The van der Waals surface area contributed by atoms with Gasteiger partial charge in [0.25, 0.3) is 0 Å². The fraction of sp³-hybridized carbons (Fsp3) is 0.200. The smallest absolute Gasteiger partial charge is 0.151 e. The first kappa shape index (κ1) is 14.7. The molecule has 0 radical (unpaired) electrons. The molecular formula is C15H20N4. The summed E-state index contributed by atoms with van der Waals surface area (Å²) >= 11 is 0. The molecule has 0 aliphatic heterocycles. The number of hydrogen-bond donors (Lipinski definition) is 1. The third-order valence-corrected chi connectivity index (χ3v) is 2.40. The summed E-state index contributed by atoms with van der Waals surface area (Å²) in [4.78, 5) is 8.47. The first-order valence-electron chi connectivity index (χ1n) is 6.01. The van der Waals surface area contributed by atoms with Crippen molar-refractivity contribution in [3.63, 3.8) is 0 Å². The predicted octanol–water partition coefficient (Wildman–Crippen LogP) is 1.40. The van der Waals surface area contributed by atoms with E-state index in [0.29, 0.717) is 16.5 Å². The van der Waals surface area contributed by atoms with Gasteiger partial charge >= 0.3 is 0 Å². The minimum atomic E-state index is 0.373. The third kappa shape index (κ3) is 3.55. The van der Waals surface area contributed by atoms with Crippen LogP contribution in [0.3, 0.4) is 0 Å². The van der Waals surface area contributed by atoms with Crippen molar-refractivity contribution in [2.24, 2.45) is 10.7 Å². The number of nitrogens with two attached hydrogens (primary N) is 1. The van der Waals surface area contributed by atoms with E-state index in [1.807, 2.05) is 43.6 Å². The monoisotopic (exact) mass is 256 g/mol. The molecule has 2 N–H and O–H groups in total. The highest BCUT2D eigenvalue weighted by atomic mass is 15.1. The standard InChI is InChI=1S/C15H20N4/c1-6-8-9-13(7-2)19-10-17-14(12(19)5)15(16)18-11(3)4/h6-10H,2,5,16H2,1,3-4H3/b8-6-,13-9+,15-14+. The molecule has 0 bridgehead atoms. The van der Waals surface area contributed by atoms with E-state index in [1.54, 1.807) is 12.4 Å². The number of hydrogen-bond acceptors (Lipinski definition) is 3. The normalized spacial score (nSPS) is 13.5. The maximum absolute atomic E-state index is 5.91. The van der Waals surface area contributed by atoms with E-state index in [9.17, 15) is 0 Å². The summed E-state index contributed by atoms with van der Waals surface area (Å²) < 4.78 is 1.83. The van der Waals surface area contributed by atoms with E-state index in [0.717, 1.165) is 11.4 Å². The van der Waals surface area contributed by atoms with Gasteiger partial charge in [-0.15, -0.1) is 0 Å². The Morgan fingerprint density at radius 3 is 2.68 bits per heavy atom. The summed E-state index contributed by atoms with van der Waals surface area (Å²) in [5.41, 5.74) is 7.66. The number of aromatic nitrogens is 2. The molecule has 0 spiro atoms. The molecule has 0 amide bonds. The molecule has 1 aromatic heterocycles. The van der Waals surface area contributed by atoms with E-state index in [2.05, 4.69) is 23.1 Å². The minimum Gasteiger partial charge on any atom is -0.382 e. The second kappa shape index (κ2) is 6.54. The van der Waals surface area contributed by atoms with Gasteiger partial charge in [-0.3, -0.25) is 4.57 Å². The summed E-state index contributed by atoms with van der Waals surface area (Å²) in [6.07, 6.45) is 9.21. The van der Waals surface area contributed by atoms with Crippen LogP contribution < -0.4 is 16.4 Å². The van der Waals surface area contributed by atoms with Gasteiger partial charge in [-0.1, -0.05) is 25.3 Å². The molecule has 100 valence electrons. The first-order chi connectivity index (χ1) is 9.01. The van der Waals surface area contributed by atoms with Crippen molar-refractivity contribution in [3.05, 3.63) is 47.9 Å². The van der Waals surface area contributed by atoms with Crippen molar-refractivity contribution < 1.29 is 0 Å². The van der Waals surface area contributed by atoms with Crippen LogP contribution in [0.25, 0.3) is 18.1 Å². The topological polar surface area (TPSA) is 56.2 Å².